The summed E-state index contributed by atoms with van der Waals surface area (Å²) >= 11 is 0. The quantitative estimate of drug-likeness (QED) is 0.515. The maximum atomic E-state index is 11.8. The van der Waals surface area contributed by atoms with Crippen molar-refractivity contribution in [2.45, 2.75) is 18.6 Å². The molecule has 0 amide bonds. The molecule has 0 spiro atoms. The zero-order valence-corrected chi connectivity index (χ0v) is 5.06. The molecule has 1 heterocycles. The van der Waals surface area contributed by atoms with Crippen LogP contribution in [0.3, 0.4) is 0 Å². The number of hydrogen-bond acceptors (Lipinski definition) is 2. The molecule has 0 aromatic carbocycles. The Balaban J connectivity index is 2.55. The van der Waals surface area contributed by atoms with E-state index >= 15 is 0 Å². The summed E-state index contributed by atoms with van der Waals surface area (Å²) < 4.78 is 39.8. The molecule has 58 valence electrons. The van der Waals surface area contributed by atoms with Gasteiger partial charge in [0.2, 0.25) is 0 Å². The van der Waals surface area contributed by atoms with Gasteiger partial charge in [-0.3, -0.25) is 0 Å². The van der Waals surface area contributed by atoms with Gasteiger partial charge < -0.3 is 4.74 Å². The summed E-state index contributed by atoms with van der Waals surface area (Å²) in [4.78, 5) is 3.13. The van der Waals surface area contributed by atoms with E-state index in [-0.39, 0.29) is 13.0 Å². The van der Waals surface area contributed by atoms with Gasteiger partial charge in [0, 0.05) is 6.42 Å². The van der Waals surface area contributed by atoms with Gasteiger partial charge in [-0.05, 0) is 0 Å². The van der Waals surface area contributed by atoms with Gasteiger partial charge in [-0.1, -0.05) is 0 Å². The van der Waals surface area contributed by atoms with Crippen molar-refractivity contribution in [3.63, 3.8) is 0 Å². The first-order valence-electron chi connectivity index (χ1n) is 2.80. The highest BCUT2D eigenvalue weighted by Crippen LogP contribution is 2.26. The number of rotatable bonds is 0. The SMILES string of the molecule is FC(F)(F)C1CCOC=N1. The molecule has 5 heteroatoms. The fourth-order valence-electron chi connectivity index (χ4n) is 0.672. The summed E-state index contributed by atoms with van der Waals surface area (Å²) in [5.41, 5.74) is 0. The van der Waals surface area contributed by atoms with Crippen molar-refractivity contribution in [2.75, 3.05) is 6.61 Å². The lowest BCUT2D eigenvalue weighted by Gasteiger charge is -2.18. The third-order valence-electron chi connectivity index (χ3n) is 1.20. The molecular weight excluding hydrogens is 147 g/mol. The number of aliphatic imine (C=N–C) groups is 1. The minimum absolute atomic E-state index is 0.0694. The molecule has 0 aromatic heterocycles. The van der Waals surface area contributed by atoms with E-state index < -0.39 is 12.2 Å². The molecule has 1 aliphatic heterocycles. The molecule has 1 aliphatic rings. The maximum Gasteiger partial charge on any atom is 0.410 e. The van der Waals surface area contributed by atoms with Crippen LogP contribution >= 0.6 is 0 Å². The van der Waals surface area contributed by atoms with Crippen molar-refractivity contribution in [1.82, 2.24) is 0 Å². The Kier molecular flexibility index (Phi) is 1.82. The molecule has 10 heavy (non-hydrogen) atoms. The number of alkyl halides is 3. The Bertz CT molecular complexity index is 142. The van der Waals surface area contributed by atoms with Gasteiger partial charge in [-0.15, -0.1) is 0 Å². The lowest BCUT2D eigenvalue weighted by molar-refractivity contribution is -0.151. The van der Waals surface area contributed by atoms with Crippen molar-refractivity contribution < 1.29 is 17.9 Å². The van der Waals surface area contributed by atoms with Gasteiger partial charge in [0.05, 0.1) is 6.61 Å². The van der Waals surface area contributed by atoms with Crippen LogP contribution in [0.4, 0.5) is 13.2 Å². The van der Waals surface area contributed by atoms with Gasteiger partial charge in [0.15, 0.2) is 12.4 Å². The second-order valence-corrected chi connectivity index (χ2v) is 1.97. The smallest absolute Gasteiger partial charge is 0.410 e. The van der Waals surface area contributed by atoms with E-state index in [0.717, 1.165) is 6.40 Å². The summed E-state index contributed by atoms with van der Waals surface area (Å²) in [6.07, 6.45) is -3.41. The highest BCUT2D eigenvalue weighted by Gasteiger charge is 2.39. The molecule has 1 unspecified atom stereocenters. The van der Waals surface area contributed by atoms with E-state index in [4.69, 9.17) is 0 Å². The highest BCUT2D eigenvalue weighted by atomic mass is 19.4. The fourth-order valence-corrected chi connectivity index (χ4v) is 0.672. The normalized spacial score (nSPS) is 26.1. The Hall–Kier alpha value is -0.740. The summed E-state index contributed by atoms with van der Waals surface area (Å²) in [5.74, 6) is 0. The van der Waals surface area contributed by atoms with Crippen LogP contribution in [0.25, 0.3) is 0 Å². The van der Waals surface area contributed by atoms with Crippen LogP contribution < -0.4 is 0 Å². The van der Waals surface area contributed by atoms with E-state index in [1.807, 2.05) is 0 Å². The van der Waals surface area contributed by atoms with Crippen LogP contribution in [0.1, 0.15) is 6.42 Å². The third-order valence-corrected chi connectivity index (χ3v) is 1.20. The molecule has 0 bridgehead atoms. The van der Waals surface area contributed by atoms with Crippen molar-refractivity contribution in [3.05, 3.63) is 0 Å². The molecule has 2 nitrogen and oxygen atoms in total. The summed E-state index contributed by atoms with van der Waals surface area (Å²) in [7, 11) is 0. The van der Waals surface area contributed by atoms with E-state index in [0.29, 0.717) is 0 Å². The molecule has 1 rings (SSSR count). The number of nitrogens with zero attached hydrogens (tertiary/aromatic N) is 1. The first-order valence-corrected chi connectivity index (χ1v) is 2.80. The number of hydrogen-bond donors (Lipinski definition) is 0. The van der Waals surface area contributed by atoms with Gasteiger partial charge in [-0.2, -0.15) is 13.2 Å². The Morgan fingerprint density at radius 3 is 2.50 bits per heavy atom. The third kappa shape index (κ3) is 1.62. The van der Waals surface area contributed by atoms with Crippen molar-refractivity contribution >= 4 is 6.40 Å². The minimum Gasteiger partial charge on any atom is -0.483 e. The maximum absolute atomic E-state index is 11.8. The second-order valence-electron chi connectivity index (χ2n) is 1.97. The van der Waals surface area contributed by atoms with Crippen LogP contribution in [0.2, 0.25) is 0 Å². The Morgan fingerprint density at radius 1 is 1.50 bits per heavy atom. The largest absolute Gasteiger partial charge is 0.483 e. The lowest BCUT2D eigenvalue weighted by atomic mass is 10.2. The van der Waals surface area contributed by atoms with Gasteiger partial charge in [0.1, 0.15) is 0 Å². The van der Waals surface area contributed by atoms with Crippen LogP contribution in [0.5, 0.6) is 0 Å². The molecule has 0 aliphatic carbocycles. The predicted octanol–water partition coefficient (Wildman–Crippen LogP) is 1.37. The van der Waals surface area contributed by atoms with Crippen LogP contribution in [0.15, 0.2) is 4.99 Å². The van der Waals surface area contributed by atoms with Crippen LogP contribution in [-0.4, -0.2) is 25.2 Å². The molecule has 0 fully saturated rings. The molecule has 1 atom stereocenters. The van der Waals surface area contributed by atoms with Crippen LogP contribution in [-0.2, 0) is 4.74 Å². The zero-order valence-electron chi connectivity index (χ0n) is 5.06. The van der Waals surface area contributed by atoms with Crippen molar-refractivity contribution in [3.8, 4) is 0 Å². The minimum atomic E-state index is -4.21. The standard InChI is InChI=1S/C5H6F3NO/c6-5(7,8)4-1-2-10-3-9-4/h3-4H,1-2H2. The van der Waals surface area contributed by atoms with Crippen LogP contribution in [0, 0.1) is 0 Å². The van der Waals surface area contributed by atoms with Gasteiger partial charge in [0.25, 0.3) is 0 Å². The lowest BCUT2D eigenvalue weighted by Crippen LogP contribution is -2.30. The van der Waals surface area contributed by atoms with E-state index in [1.54, 1.807) is 0 Å². The highest BCUT2D eigenvalue weighted by molar-refractivity contribution is 5.47. The summed E-state index contributed by atoms with van der Waals surface area (Å²) in [6, 6.07) is -1.55. The fraction of sp³-hybridized carbons (Fsp3) is 0.800. The number of halogens is 3. The zero-order chi connectivity index (χ0) is 7.61. The van der Waals surface area contributed by atoms with Crippen molar-refractivity contribution in [1.29, 1.82) is 0 Å². The average molecular weight is 153 g/mol. The first-order chi connectivity index (χ1) is 4.61. The molecule has 0 N–H and O–H groups in total. The average Bonchev–Trinajstić information content (AvgIpc) is 1.88. The molecule has 0 saturated carbocycles. The van der Waals surface area contributed by atoms with E-state index in [1.165, 1.54) is 0 Å². The Labute approximate surface area is 55.7 Å². The molecule has 0 saturated heterocycles. The van der Waals surface area contributed by atoms with Crippen molar-refractivity contribution in [2.24, 2.45) is 4.99 Å². The summed E-state index contributed by atoms with van der Waals surface area (Å²) in [6.45, 7) is 0.105. The monoisotopic (exact) mass is 153 g/mol. The predicted molar refractivity (Wildman–Crippen MR) is 28.9 cm³/mol. The summed E-state index contributed by atoms with van der Waals surface area (Å²) in [5, 5.41) is 0. The van der Waals surface area contributed by atoms with Gasteiger partial charge in [-0.25, -0.2) is 4.99 Å². The van der Waals surface area contributed by atoms with E-state index in [2.05, 4.69) is 9.73 Å². The second kappa shape index (κ2) is 2.48. The topological polar surface area (TPSA) is 21.6 Å². The molecule has 0 radical (unpaired) electrons. The Morgan fingerprint density at radius 2 is 2.20 bits per heavy atom. The molecule has 0 aromatic rings. The number of ether oxygens (including phenoxy) is 1. The van der Waals surface area contributed by atoms with E-state index in [9.17, 15) is 13.2 Å². The molecular formula is C5H6F3NO. The van der Waals surface area contributed by atoms with Gasteiger partial charge >= 0.3 is 6.18 Å². The first kappa shape index (κ1) is 7.37.